The zero-order valence-electron chi connectivity index (χ0n) is 12.9. The zero-order valence-corrected chi connectivity index (χ0v) is 12.9. The van der Waals surface area contributed by atoms with Crippen molar-refractivity contribution in [2.24, 2.45) is 0 Å². The van der Waals surface area contributed by atoms with Gasteiger partial charge in [-0.2, -0.15) is 0 Å². The van der Waals surface area contributed by atoms with Crippen molar-refractivity contribution in [3.8, 4) is 11.5 Å². The molecule has 0 saturated heterocycles. The topological polar surface area (TPSA) is 59.6 Å². The molecule has 0 spiro atoms. The molecule has 0 heterocycles. The Labute approximate surface area is 120 Å². The van der Waals surface area contributed by atoms with Crippen LogP contribution in [0.5, 0.6) is 11.5 Å². The molecule has 0 bridgehead atoms. The van der Waals surface area contributed by atoms with Crippen molar-refractivity contribution >= 4 is 11.6 Å². The Bertz CT molecular complexity index is 453. The molecule has 0 aliphatic heterocycles. The molecule has 2 N–H and O–H groups in total. The summed E-state index contributed by atoms with van der Waals surface area (Å²) in [7, 11) is 3.19. The first kappa shape index (κ1) is 16.1. The van der Waals surface area contributed by atoms with E-state index < -0.39 is 0 Å². The van der Waals surface area contributed by atoms with E-state index in [1.165, 1.54) is 0 Å². The van der Waals surface area contributed by atoms with Crippen molar-refractivity contribution in [3.05, 3.63) is 18.2 Å². The smallest absolute Gasteiger partial charge is 0.222 e. The summed E-state index contributed by atoms with van der Waals surface area (Å²) in [6.07, 6.45) is 0.422. The highest BCUT2D eigenvalue weighted by atomic mass is 16.5. The Hall–Kier alpha value is -1.91. The molecule has 0 aliphatic carbocycles. The number of methoxy groups -OCH3 is 2. The monoisotopic (exact) mass is 280 g/mol. The standard InChI is InChI=1S/C15H24N2O3/c1-15(2,3)17-14(18)8-9-16-11-6-7-12(19-4)13(10-11)20-5/h6-7,10,16H,8-9H2,1-5H3,(H,17,18). The number of anilines is 1. The molecule has 0 aromatic heterocycles. The normalized spacial score (nSPS) is 10.8. The Morgan fingerprint density at radius 2 is 1.80 bits per heavy atom. The molecule has 20 heavy (non-hydrogen) atoms. The summed E-state index contributed by atoms with van der Waals surface area (Å²) in [5.41, 5.74) is 0.701. The minimum Gasteiger partial charge on any atom is -0.493 e. The van der Waals surface area contributed by atoms with Gasteiger partial charge in [0.25, 0.3) is 0 Å². The van der Waals surface area contributed by atoms with Gasteiger partial charge in [-0.25, -0.2) is 0 Å². The van der Waals surface area contributed by atoms with Crippen LogP contribution in [-0.4, -0.2) is 32.2 Å². The Morgan fingerprint density at radius 3 is 2.35 bits per heavy atom. The van der Waals surface area contributed by atoms with Gasteiger partial charge >= 0.3 is 0 Å². The average Bonchev–Trinajstić information content (AvgIpc) is 2.36. The van der Waals surface area contributed by atoms with Crippen LogP contribution in [0.4, 0.5) is 5.69 Å². The predicted molar refractivity (Wildman–Crippen MR) is 80.5 cm³/mol. The van der Waals surface area contributed by atoms with Crippen LogP contribution in [0.2, 0.25) is 0 Å². The van der Waals surface area contributed by atoms with E-state index in [1.807, 2.05) is 39.0 Å². The lowest BCUT2D eigenvalue weighted by atomic mass is 10.1. The largest absolute Gasteiger partial charge is 0.493 e. The van der Waals surface area contributed by atoms with Gasteiger partial charge in [0.2, 0.25) is 5.91 Å². The van der Waals surface area contributed by atoms with Gasteiger partial charge in [-0.3, -0.25) is 4.79 Å². The van der Waals surface area contributed by atoms with Crippen LogP contribution in [0.15, 0.2) is 18.2 Å². The molecular weight excluding hydrogens is 256 g/mol. The van der Waals surface area contributed by atoms with Crippen molar-refractivity contribution < 1.29 is 14.3 Å². The first-order valence-corrected chi connectivity index (χ1v) is 6.62. The highest BCUT2D eigenvalue weighted by Crippen LogP contribution is 2.29. The number of hydrogen-bond acceptors (Lipinski definition) is 4. The van der Waals surface area contributed by atoms with Crippen molar-refractivity contribution in [1.82, 2.24) is 5.32 Å². The predicted octanol–water partition coefficient (Wildman–Crippen LogP) is 2.42. The highest BCUT2D eigenvalue weighted by Gasteiger charge is 2.13. The fraction of sp³-hybridized carbons (Fsp3) is 0.533. The molecule has 0 radical (unpaired) electrons. The molecule has 112 valence electrons. The fourth-order valence-electron chi connectivity index (χ4n) is 1.75. The molecule has 0 fully saturated rings. The van der Waals surface area contributed by atoms with Gasteiger partial charge in [0.05, 0.1) is 14.2 Å². The number of nitrogens with one attached hydrogen (secondary N) is 2. The second-order valence-corrected chi connectivity index (χ2v) is 5.54. The molecular formula is C15H24N2O3. The lowest BCUT2D eigenvalue weighted by Gasteiger charge is -2.20. The zero-order chi connectivity index (χ0) is 15.2. The van der Waals surface area contributed by atoms with Crippen molar-refractivity contribution in [2.75, 3.05) is 26.1 Å². The van der Waals surface area contributed by atoms with Crippen LogP contribution in [0.25, 0.3) is 0 Å². The van der Waals surface area contributed by atoms with Gasteiger partial charge < -0.3 is 20.1 Å². The van der Waals surface area contributed by atoms with Crippen LogP contribution in [0, 0.1) is 0 Å². The lowest BCUT2D eigenvalue weighted by molar-refractivity contribution is -0.122. The van der Waals surface area contributed by atoms with Crippen LogP contribution in [0.1, 0.15) is 27.2 Å². The molecule has 1 amide bonds. The minimum atomic E-state index is -0.194. The third kappa shape index (κ3) is 5.38. The van der Waals surface area contributed by atoms with E-state index in [0.29, 0.717) is 24.5 Å². The second-order valence-electron chi connectivity index (χ2n) is 5.54. The van der Waals surface area contributed by atoms with Crippen LogP contribution >= 0.6 is 0 Å². The summed E-state index contributed by atoms with van der Waals surface area (Å²) in [4.78, 5) is 11.7. The van der Waals surface area contributed by atoms with E-state index in [4.69, 9.17) is 9.47 Å². The summed E-state index contributed by atoms with van der Waals surface area (Å²) < 4.78 is 10.4. The molecule has 1 rings (SSSR count). The average molecular weight is 280 g/mol. The van der Waals surface area contributed by atoms with Gasteiger partial charge in [-0.15, -0.1) is 0 Å². The van der Waals surface area contributed by atoms with Gasteiger partial charge in [0, 0.05) is 30.3 Å². The minimum absolute atomic E-state index is 0.0328. The highest BCUT2D eigenvalue weighted by molar-refractivity contribution is 5.77. The third-order valence-corrected chi connectivity index (χ3v) is 2.58. The van der Waals surface area contributed by atoms with E-state index in [1.54, 1.807) is 14.2 Å². The number of carbonyl (C=O) groups is 1. The van der Waals surface area contributed by atoms with E-state index in [9.17, 15) is 4.79 Å². The van der Waals surface area contributed by atoms with E-state index in [-0.39, 0.29) is 11.4 Å². The molecule has 0 atom stereocenters. The molecule has 0 aliphatic rings. The van der Waals surface area contributed by atoms with E-state index >= 15 is 0 Å². The molecule has 0 saturated carbocycles. The SMILES string of the molecule is COc1ccc(NCCC(=O)NC(C)(C)C)cc1OC. The Balaban J connectivity index is 2.48. The maximum Gasteiger partial charge on any atom is 0.222 e. The number of benzene rings is 1. The van der Waals surface area contributed by atoms with Gasteiger partial charge in [0.1, 0.15) is 0 Å². The number of rotatable bonds is 6. The number of carbonyl (C=O) groups excluding carboxylic acids is 1. The molecule has 0 unspecified atom stereocenters. The number of ether oxygens (including phenoxy) is 2. The molecule has 5 heteroatoms. The summed E-state index contributed by atoms with van der Waals surface area (Å²) in [6.45, 7) is 6.46. The second kappa shape index (κ2) is 7.03. The van der Waals surface area contributed by atoms with Gasteiger partial charge in [-0.1, -0.05) is 0 Å². The fourth-order valence-corrected chi connectivity index (χ4v) is 1.75. The van der Waals surface area contributed by atoms with Crippen LogP contribution < -0.4 is 20.1 Å². The van der Waals surface area contributed by atoms with Crippen LogP contribution in [0.3, 0.4) is 0 Å². The summed E-state index contributed by atoms with van der Waals surface area (Å²) in [6, 6.07) is 5.57. The summed E-state index contributed by atoms with van der Waals surface area (Å²) in [5, 5.41) is 6.11. The first-order valence-electron chi connectivity index (χ1n) is 6.62. The maximum atomic E-state index is 11.7. The molecule has 1 aromatic carbocycles. The Kier molecular flexibility index (Phi) is 5.67. The molecule has 5 nitrogen and oxygen atoms in total. The lowest BCUT2D eigenvalue weighted by Crippen LogP contribution is -2.41. The van der Waals surface area contributed by atoms with Crippen molar-refractivity contribution in [1.29, 1.82) is 0 Å². The maximum absolute atomic E-state index is 11.7. The molecule has 1 aromatic rings. The van der Waals surface area contributed by atoms with Crippen LogP contribution in [-0.2, 0) is 4.79 Å². The van der Waals surface area contributed by atoms with E-state index in [2.05, 4.69) is 10.6 Å². The van der Waals surface area contributed by atoms with Gasteiger partial charge in [-0.05, 0) is 32.9 Å². The van der Waals surface area contributed by atoms with Crippen molar-refractivity contribution in [2.45, 2.75) is 32.7 Å². The number of hydrogen-bond donors (Lipinski definition) is 2. The van der Waals surface area contributed by atoms with Gasteiger partial charge in [0.15, 0.2) is 11.5 Å². The van der Waals surface area contributed by atoms with E-state index in [0.717, 1.165) is 5.69 Å². The summed E-state index contributed by atoms with van der Waals surface area (Å²) in [5.74, 6) is 1.38. The number of amides is 1. The van der Waals surface area contributed by atoms with Crippen molar-refractivity contribution in [3.63, 3.8) is 0 Å². The third-order valence-electron chi connectivity index (χ3n) is 2.58. The first-order chi connectivity index (χ1) is 9.35. The quantitative estimate of drug-likeness (QED) is 0.840. The summed E-state index contributed by atoms with van der Waals surface area (Å²) >= 11 is 0. The Morgan fingerprint density at radius 1 is 1.15 bits per heavy atom.